The Balaban J connectivity index is 0.000000181. The van der Waals surface area contributed by atoms with Crippen molar-refractivity contribution >= 4 is 0 Å². The first kappa shape index (κ1) is 19.5. The zero-order chi connectivity index (χ0) is 18.5. The van der Waals surface area contributed by atoms with Crippen LogP contribution in [0.2, 0.25) is 0 Å². The molecular formula is C22H34N2O2. The molecule has 2 saturated carbocycles. The average Bonchev–Trinajstić information content (AvgIpc) is 3.41. The Hall–Kier alpha value is -1.31. The predicted octanol–water partition coefficient (Wildman–Crippen LogP) is 4.86. The lowest BCUT2D eigenvalue weighted by molar-refractivity contribution is 0.00749. The van der Waals surface area contributed by atoms with Crippen LogP contribution in [0.4, 0.5) is 0 Å². The van der Waals surface area contributed by atoms with Crippen molar-refractivity contribution in [3.8, 4) is 6.07 Å². The number of aryl methyl sites for hydroxylation is 1. The van der Waals surface area contributed by atoms with E-state index >= 15 is 0 Å². The molecule has 4 heteroatoms. The second-order valence-corrected chi connectivity index (χ2v) is 8.58. The molecule has 4 nitrogen and oxygen atoms in total. The highest BCUT2D eigenvalue weighted by atomic mass is 16.6. The molecule has 2 aliphatic carbocycles. The lowest BCUT2D eigenvalue weighted by Crippen LogP contribution is -2.34. The van der Waals surface area contributed by atoms with E-state index in [9.17, 15) is 5.11 Å². The number of aliphatic hydroxyl groups is 1. The number of hydrogen-bond donors (Lipinski definition) is 1. The molecule has 1 N–H and O–H groups in total. The third-order valence-corrected chi connectivity index (χ3v) is 6.37. The standard InChI is InChI=1S/C14H20N2O.C8H14O/c1-12-6-7-13(10-15)16(12)11-14(17)8-4-2-3-5-9-14;1-2-4-6-8(5-3-1)7-9-8/h6-7,17H,2-5,8-9,11H2,1H3;1-7H2. The van der Waals surface area contributed by atoms with Crippen LogP contribution >= 0.6 is 0 Å². The van der Waals surface area contributed by atoms with Crippen LogP contribution in [0.3, 0.4) is 0 Å². The van der Waals surface area contributed by atoms with Crippen LogP contribution in [0.15, 0.2) is 12.1 Å². The van der Waals surface area contributed by atoms with Gasteiger partial charge in [0.1, 0.15) is 11.8 Å². The van der Waals surface area contributed by atoms with Gasteiger partial charge in [0.05, 0.1) is 24.4 Å². The second kappa shape index (κ2) is 8.59. The van der Waals surface area contributed by atoms with Crippen LogP contribution in [0.1, 0.15) is 88.4 Å². The summed E-state index contributed by atoms with van der Waals surface area (Å²) in [7, 11) is 0. The molecule has 1 saturated heterocycles. The molecule has 0 amide bonds. The highest BCUT2D eigenvalue weighted by Gasteiger charge is 2.43. The molecule has 1 aliphatic heterocycles. The van der Waals surface area contributed by atoms with Crippen LogP contribution in [-0.4, -0.2) is 27.5 Å². The largest absolute Gasteiger partial charge is 0.388 e. The van der Waals surface area contributed by atoms with Gasteiger partial charge in [-0.15, -0.1) is 0 Å². The molecule has 4 rings (SSSR count). The molecule has 1 aromatic heterocycles. The first-order valence-electron chi connectivity index (χ1n) is 10.5. The third-order valence-electron chi connectivity index (χ3n) is 6.37. The van der Waals surface area contributed by atoms with Gasteiger partial charge in [-0.05, 0) is 44.7 Å². The first-order chi connectivity index (χ1) is 12.6. The van der Waals surface area contributed by atoms with Gasteiger partial charge in [-0.1, -0.05) is 51.4 Å². The molecule has 1 spiro atoms. The van der Waals surface area contributed by atoms with Crippen molar-refractivity contribution in [2.24, 2.45) is 0 Å². The number of ether oxygens (including phenoxy) is 1. The molecule has 144 valence electrons. The van der Waals surface area contributed by atoms with E-state index in [4.69, 9.17) is 10.00 Å². The summed E-state index contributed by atoms with van der Waals surface area (Å²) in [4.78, 5) is 0. The van der Waals surface area contributed by atoms with E-state index in [2.05, 4.69) is 6.07 Å². The Morgan fingerprint density at radius 1 is 1.00 bits per heavy atom. The van der Waals surface area contributed by atoms with Crippen LogP contribution in [0.5, 0.6) is 0 Å². The molecule has 3 fully saturated rings. The fourth-order valence-corrected chi connectivity index (χ4v) is 4.48. The minimum atomic E-state index is -0.619. The number of aromatic nitrogens is 1. The van der Waals surface area contributed by atoms with Gasteiger partial charge in [-0.2, -0.15) is 5.26 Å². The molecule has 0 bridgehead atoms. The Morgan fingerprint density at radius 2 is 1.54 bits per heavy atom. The maximum Gasteiger partial charge on any atom is 0.120 e. The highest BCUT2D eigenvalue weighted by molar-refractivity contribution is 5.26. The summed E-state index contributed by atoms with van der Waals surface area (Å²) >= 11 is 0. The average molecular weight is 359 g/mol. The monoisotopic (exact) mass is 358 g/mol. The number of epoxide rings is 1. The van der Waals surface area contributed by atoms with Gasteiger partial charge < -0.3 is 14.4 Å². The SMILES string of the molecule is C1CCCC2(CC1)CO2.Cc1ccc(C#N)n1CC1(O)CCCCCC1. The molecular weight excluding hydrogens is 324 g/mol. The third kappa shape index (κ3) is 5.11. The first-order valence-corrected chi connectivity index (χ1v) is 10.5. The Labute approximate surface area is 158 Å². The summed E-state index contributed by atoms with van der Waals surface area (Å²) in [5.41, 5.74) is 1.50. The van der Waals surface area contributed by atoms with Gasteiger partial charge in [0.2, 0.25) is 0 Å². The van der Waals surface area contributed by atoms with E-state index in [1.54, 1.807) is 0 Å². The van der Waals surface area contributed by atoms with E-state index in [0.717, 1.165) is 38.0 Å². The van der Waals surface area contributed by atoms with E-state index in [1.807, 2.05) is 23.6 Å². The summed E-state index contributed by atoms with van der Waals surface area (Å²) < 4.78 is 7.37. The molecule has 0 atom stereocenters. The Kier molecular flexibility index (Phi) is 6.42. The van der Waals surface area contributed by atoms with Gasteiger partial charge in [0.25, 0.3) is 0 Å². The van der Waals surface area contributed by atoms with Crippen molar-refractivity contribution in [1.29, 1.82) is 5.26 Å². The van der Waals surface area contributed by atoms with Crippen molar-refractivity contribution in [2.75, 3.05) is 6.61 Å². The number of rotatable bonds is 2. The van der Waals surface area contributed by atoms with E-state index in [0.29, 0.717) is 17.8 Å². The number of hydrogen-bond acceptors (Lipinski definition) is 3. The molecule has 0 aromatic carbocycles. The lowest BCUT2D eigenvalue weighted by Gasteiger charge is -2.28. The van der Waals surface area contributed by atoms with Crippen molar-refractivity contribution < 1.29 is 9.84 Å². The number of nitriles is 1. The Bertz CT molecular complexity index is 607. The molecule has 0 unspecified atom stereocenters. The zero-order valence-corrected chi connectivity index (χ0v) is 16.3. The molecule has 26 heavy (non-hydrogen) atoms. The summed E-state index contributed by atoms with van der Waals surface area (Å²) in [5, 5.41) is 19.7. The minimum absolute atomic E-state index is 0.413. The van der Waals surface area contributed by atoms with Crippen molar-refractivity contribution in [3.63, 3.8) is 0 Å². The summed E-state index contributed by atoms with van der Waals surface area (Å²) in [6.45, 7) is 3.61. The number of nitrogens with zero attached hydrogens (tertiary/aromatic N) is 2. The van der Waals surface area contributed by atoms with Gasteiger partial charge in [0.15, 0.2) is 0 Å². The maximum atomic E-state index is 10.6. The zero-order valence-electron chi connectivity index (χ0n) is 16.3. The topological polar surface area (TPSA) is 61.5 Å². The van der Waals surface area contributed by atoms with E-state index in [-0.39, 0.29) is 0 Å². The van der Waals surface area contributed by atoms with Crippen molar-refractivity contribution in [2.45, 2.75) is 102 Å². The van der Waals surface area contributed by atoms with Gasteiger partial charge >= 0.3 is 0 Å². The molecule has 2 heterocycles. The second-order valence-electron chi connectivity index (χ2n) is 8.58. The Morgan fingerprint density at radius 3 is 2.04 bits per heavy atom. The summed E-state index contributed by atoms with van der Waals surface area (Å²) in [6, 6.07) is 5.96. The molecule has 1 aromatic rings. The van der Waals surface area contributed by atoms with E-state index < -0.39 is 5.60 Å². The fourth-order valence-electron chi connectivity index (χ4n) is 4.48. The van der Waals surface area contributed by atoms with Gasteiger partial charge in [-0.25, -0.2) is 0 Å². The van der Waals surface area contributed by atoms with Gasteiger partial charge in [-0.3, -0.25) is 0 Å². The van der Waals surface area contributed by atoms with Crippen molar-refractivity contribution in [1.82, 2.24) is 4.57 Å². The van der Waals surface area contributed by atoms with E-state index in [1.165, 1.54) is 51.4 Å². The van der Waals surface area contributed by atoms with Crippen LogP contribution in [0, 0.1) is 18.3 Å². The lowest BCUT2D eigenvalue weighted by atomic mass is 9.94. The summed E-state index contributed by atoms with van der Waals surface area (Å²) in [5.74, 6) is 0. The smallest absolute Gasteiger partial charge is 0.120 e. The van der Waals surface area contributed by atoms with Crippen LogP contribution in [-0.2, 0) is 11.3 Å². The summed E-state index contributed by atoms with van der Waals surface area (Å²) in [6.07, 6.45) is 14.7. The predicted molar refractivity (Wildman–Crippen MR) is 103 cm³/mol. The quantitative estimate of drug-likeness (QED) is 0.606. The fraction of sp³-hybridized carbons (Fsp3) is 0.773. The molecule has 0 radical (unpaired) electrons. The highest BCUT2D eigenvalue weighted by Crippen LogP contribution is 2.40. The molecule has 3 aliphatic rings. The normalized spacial score (nSPS) is 23.9. The maximum absolute atomic E-state index is 10.6. The minimum Gasteiger partial charge on any atom is -0.388 e. The van der Waals surface area contributed by atoms with Gasteiger partial charge in [0, 0.05) is 5.69 Å². The van der Waals surface area contributed by atoms with Crippen LogP contribution in [0.25, 0.3) is 0 Å². The van der Waals surface area contributed by atoms with Crippen molar-refractivity contribution in [3.05, 3.63) is 23.5 Å². The van der Waals surface area contributed by atoms with Crippen LogP contribution < -0.4 is 0 Å².